The van der Waals surface area contributed by atoms with Crippen LogP contribution in [0.15, 0.2) is 24.4 Å². The van der Waals surface area contributed by atoms with Gasteiger partial charge in [0.15, 0.2) is 17.3 Å². The second-order valence-corrected chi connectivity index (χ2v) is 5.72. The van der Waals surface area contributed by atoms with Gasteiger partial charge >= 0.3 is 0 Å². The molecule has 0 aromatic carbocycles. The van der Waals surface area contributed by atoms with Crippen molar-refractivity contribution in [2.24, 2.45) is 5.92 Å². The van der Waals surface area contributed by atoms with E-state index >= 15 is 0 Å². The molecule has 9 heteroatoms. The van der Waals surface area contributed by atoms with Crippen LogP contribution in [0.5, 0.6) is 5.88 Å². The number of aromatic nitrogens is 5. The average molecular weight is 335 g/mol. The zero-order valence-electron chi connectivity index (χ0n) is 12.6. The maximum atomic E-state index is 14.1. The Labute approximate surface area is 134 Å². The lowest BCUT2D eigenvalue weighted by Crippen LogP contribution is -2.08. The van der Waals surface area contributed by atoms with Crippen LogP contribution in [-0.2, 0) is 0 Å². The van der Waals surface area contributed by atoms with Gasteiger partial charge in [-0.3, -0.25) is 0 Å². The molecule has 4 rings (SSSR count). The van der Waals surface area contributed by atoms with Crippen molar-refractivity contribution in [2.45, 2.75) is 19.3 Å². The van der Waals surface area contributed by atoms with E-state index < -0.39 is 17.7 Å². The lowest BCUT2D eigenvalue weighted by molar-refractivity contribution is 0.0842. The van der Waals surface area contributed by atoms with Crippen molar-refractivity contribution in [3.05, 3.63) is 36.0 Å². The van der Waals surface area contributed by atoms with Crippen LogP contribution in [0.3, 0.4) is 0 Å². The summed E-state index contributed by atoms with van der Waals surface area (Å²) >= 11 is 0. The molecule has 0 aliphatic heterocycles. The molecule has 0 amide bonds. The molecule has 6 nitrogen and oxygen atoms in total. The van der Waals surface area contributed by atoms with Crippen molar-refractivity contribution in [1.82, 2.24) is 24.8 Å². The van der Waals surface area contributed by atoms with Crippen molar-refractivity contribution in [2.75, 3.05) is 6.61 Å². The van der Waals surface area contributed by atoms with Gasteiger partial charge in [-0.2, -0.15) is 9.61 Å². The van der Waals surface area contributed by atoms with Crippen LogP contribution < -0.4 is 4.74 Å². The van der Waals surface area contributed by atoms with E-state index in [-0.39, 0.29) is 18.9 Å². The molecule has 0 bridgehead atoms. The fourth-order valence-electron chi connectivity index (χ4n) is 2.35. The third-order valence-corrected chi connectivity index (χ3v) is 3.90. The van der Waals surface area contributed by atoms with Gasteiger partial charge in [-0.05, 0) is 25.1 Å². The maximum absolute atomic E-state index is 14.1. The van der Waals surface area contributed by atoms with Crippen molar-refractivity contribution in [3.63, 3.8) is 0 Å². The van der Waals surface area contributed by atoms with Crippen LogP contribution in [0.4, 0.5) is 13.2 Å². The number of rotatable bonds is 4. The Hall–Kier alpha value is -2.71. The first-order valence-corrected chi connectivity index (χ1v) is 7.30. The van der Waals surface area contributed by atoms with Gasteiger partial charge in [-0.15, -0.1) is 10.2 Å². The zero-order chi connectivity index (χ0) is 16.9. The molecule has 3 heterocycles. The lowest BCUT2D eigenvalue weighted by Gasteiger charge is -2.07. The molecule has 1 saturated carbocycles. The van der Waals surface area contributed by atoms with E-state index in [1.165, 1.54) is 16.8 Å². The molecule has 0 N–H and O–H groups in total. The van der Waals surface area contributed by atoms with Crippen LogP contribution in [0, 0.1) is 18.7 Å². The van der Waals surface area contributed by atoms with E-state index in [2.05, 4.69) is 20.3 Å². The summed E-state index contributed by atoms with van der Waals surface area (Å²) < 4.78 is 46.3. The third kappa shape index (κ3) is 2.55. The Balaban J connectivity index is 1.57. The van der Waals surface area contributed by atoms with E-state index in [0.717, 1.165) is 0 Å². The maximum Gasteiger partial charge on any atom is 0.255 e. The Kier molecular flexibility index (Phi) is 3.19. The molecule has 0 spiro atoms. The standard InChI is InChI=1S/C15H12F3N5O/c1-8-20-21-13-3-2-12(22-23(8)13)9-4-11(16)14(19-6-9)24-7-10-5-15(10,17)18/h2-4,6,10H,5,7H2,1H3/t10-/m0/s1. The van der Waals surface area contributed by atoms with Crippen molar-refractivity contribution in [3.8, 4) is 17.1 Å². The minimum atomic E-state index is -2.70. The highest BCUT2D eigenvalue weighted by molar-refractivity contribution is 5.59. The highest BCUT2D eigenvalue weighted by atomic mass is 19.3. The SMILES string of the molecule is Cc1nnc2ccc(-c3cnc(OC[C@@H]4CC4(F)F)c(F)c3)nn12. The number of ether oxygens (including phenoxy) is 1. The Morgan fingerprint density at radius 2 is 2.12 bits per heavy atom. The van der Waals surface area contributed by atoms with Crippen LogP contribution in [-0.4, -0.2) is 37.3 Å². The number of nitrogens with zero attached hydrogens (tertiary/aromatic N) is 5. The Morgan fingerprint density at radius 3 is 2.83 bits per heavy atom. The first-order valence-electron chi connectivity index (χ1n) is 7.30. The van der Waals surface area contributed by atoms with Crippen LogP contribution in [0.2, 0.25) is 0 Å². The zero-order valence-corrected chi connectivity index (χ0v) is 12.6. The molecule has 24 heavy (non-hydrogen) atoms. The van der Waals surface area contributed by atoms with Crippen LogP contribution >= 0.6 is 0 Å². The van der Waals surface area contributed by atoms with Crippen LogP contribution in [0.25, 0.3) is 16.9 Å². The van der Waals surface area contributed by atoms with Crippen molar-refractivity contribution < 1.29 is 17.9 Å². The molecule has 1 aliphatic rings. The van der Waals surface area contributed by atoms with Gasteiger partial charge in [-0.25, -0.2) is 18.2 Å². The highest BCUT2D eigenvalue weighted by Gasteiger charge is 2.57. The molecule has 0 radical (unpaired) electrons. The molecule has 1 aliphatic carbocycles. The van der Waals surface area contributed by atoms with Gasteiger partial charge < -0.3 is 4.74 Å². The fourth-order valence-corrected chi connectivity index (χ4v) is 2.35. The molecule has 0 unspecified atom stereocenters. The summed E-state index contributed by atoms with van der Waals surface area (Å²) in [5, 5.41) is 12.1. The monoisotopic (exact) mass is 335 g/mol. The highest BCUT2D eigenvalue weighted by Crippen LogP contribution is 2.48. The summed E-state index contributed by atoms with van der Waals surface area (Å²) in [6.45, 7) is 1.50. The lowest BCUT2D eigenvalue weighted by atomic mass is 10.2. The molecule has 3 aromatic rings. The minimum Gasteiger partial charge on any atom is -0.475 e. The van der Waals surface area contributed by atoms with Gasteiger partial charge in [0.1, 0.15) is 0 Å². The van der Waals surface area contributed by atoms with Gasteiger partial charge in [0, 0.05) is 18.2 Å². The van der Waals surface area contributed by atoms with E-state index in [4.69, 9.17) is 4.74 Å². The van der Waals surface area contributed by atoms with E-state index in [0.29, 0.717) is 22.7 Å². The molecule has 1 atom stereocenters. The second-order valence-electron chi connectivity index (χ2n) is 5.72. The normalized spacial score (nSPS) is 18.8. The van der Waals surface area contributed by atoms with E-state index in [1.807, 2.05) is 0 Å². The molecule has 0 saturated heterocycles. The first kappa shape index (κ1) is 14.9. The predicted molar refractivity (Wildman–Crippen MR) is 77.3 cm³/mol. The number of halogens is 3. The summed E-state index contributed by atoms with van der Waals surface area (Å²) in [7, 11) is 0. The van der Waals surface area contributed by atoms with Crippen molar-refractivity contribution in [1.29, 1.82) is 0 Å². The fraction of sp³-hybridized carbons (Fsp3) is 0.333. The smallest absolute Gasteiger partial charge is 0.255 e. The summed E-state index contributed by atoms with van der Waals surface area (Å²) in [5.41, 5.74) is 1.50. The number of fused-ring (bicyclic) bond motifs is 1. The minimum absolute atomic E-state index is 0.227. The van der Waals surface area contributed by atoms with E-state index in [1.54, 1.807) is 19.1 Å². The first-order chi connectivity index (χ1) is 11.4. The molecule has 1 fully saturated rings. The van der Waals surface area contributed by atoms with Crippen LogP contribution in [0.1, 0.15) is 12.2 Å². The molecular weight excluding hydrogens is 323 g/mol. The van der Waals surface area contributed by atoms with Gasteiger partial charge in [0.05, 0.1) is 18.2 Å². The summed E-state index contributed by atoms with van der Waals surface area (Å²) in [4.78, 5) is 3.87. The van der Waals surface area contributed by atoms with Gasteiger partial charge in [0.25, 0.3) is 5.92 Å². The quantitative estimate of drug-likeness (QED) is 0.733. The second kappa shape index (κ2) is 5.15. The van der Waals surface area contributed by atoms with E-state index in [9.17, 15) is 13.2 Å². The summed E-state index contributed by atoms with van der Waals surface area (Å²) in [6, 6.07) is 4.59. The predicted octanol–water partition coefficient (Wildman–Crippen LogP) is 2.67. The number of hydrogen-bond acceptors (Lipinski definition) is 5. The van der Waals surface area contributed by atoms with Crippen molar-refractivity contribution >= 4 is 5.65 Å². The molecular formula is C15H12F3N5O. The topological polar surface area (TPSA) is 65.2 Å². The molecule has 3 aromatic heterocycles. The van der Waals surface area contributed by atoms with Gasteiger partial charge in [-0.1, -0.05) is 0 Å². The number of aryl methyl sites for hydroxylation is 1. The average Bonchev–Trinajstić information content (AvgIpc) is 3.00. The number of hydrogen-bond donors (Lipinski definition) is 0. The number of alkyl halides is 2. The summed E-state index contributed by atoms with van der Waals surface area (Å²) in [5.74, 6) is -3.97. The largest absolute Gasteiger partial charge is 0.475 e. The number of pyridine rings is 1. The summed E-state index contributed by atoms with van der Waals surface area (Å²) in [6.07, 6.45) is 1.16. The Bertz CT molecular complexity index is 927. The van der Waals surface area contributed by atoms with Gasteiger partial charge in [0.2, 0.25) is 5.88 Å². The Morgan fingerprint density at radius 1 is 1.33 bits per heavy atom. The third-order valence-electron chi connectivity index (χ3n) is 3.90. The molecule has 124 valence electrons.